The number of nitrogens with one attached hydrogen (secondary N) is 1. The van der Waals surface area contributed by atoms with Gasteiger partial charge in [-0.15, -0.1) is 0 Å². The van der Waals surface area contributed by atoms with Crippen LogP contribution in [0.15, 0.2) is 77.7 Å². The Morgan fingerprint density at radius 1 is 1.00 bits per heavy atom. The van der Waals surface area contributed by atoms with E-state index in [1.165, 1.54) is 16.4 Å². The van der Waals surface area contributed by atoms with Crippen LogP contribution in [0.4, 0.5) is 11.4 Å². The fourth-order valence-electron chi connectivity index (χ4n) is 3.87. The summed E-state index contributed by atoms with van der Waals surface area (Å²) in [7, 11) is -4.25. The van der Waals surface area contributed by atoms with E-state index in [-0.39, 0.29) is 23.4 Å². The van der Waals surface area contributed by atoms with Crippen molar-refractivity contribution in [3.8, 4) is 0 Å². The molecule has 3 aromatic carbocycles. The lowest BCUT2D eigenvalue weighted by Gasteiger charge is -2.33. The SMILES string of the molecule is CCN1c2ccc(Cl)cc2C(c2ccccc2)=C(C(=O)Nc2ccccc2C(N)=O)S1(=O)=O. The van der Waals surface area contributed by atoms with Crippen LogP contribution >= 0.6 is 11.6 Å². The van der Waals surface area contributed by atoms with Gasteiger partial charge in [-0.2, -0.15) is 0 Å². The van der Waals surface area contributed by atoms with Crippen LogP contribution in [0.2, 0.25) is 5.02 Å². The van der Waals surface area contributed by atoms with Gasteiger partial charge in [0.05, 0.1) is 16.9 Å². The number of anilines is 2. The van der Waals surface area contributed by atoms with Gasteiger partial charge in [0.2, 0.25) is 0 Å². The second-order valence-corrected chi connectivity index (χ2v) is 9.50. The number of primary amides is 1. The number of nitrogens with zero attached hydrogens (tertiary/aromatic N) is 1. The average Bonchev–Trinajstić information content (AvgIpc) is 2.78. The maximum atomic E-state index is 13.7. The Labute approximate surface area is 196 Å². The van der Waals surface area contributed by atoms with E-state index in [0.717, 1.165) is 0 Å². The highest BCUT2D eigenvalue weighted by Gasteiger charge is 2.41. The number of amides is 2. The normalized spacial score (nSPS) is 14.5. The van der Waals surface area contributed by atoms with E-state index in [1.54, 1.807) is 67.6 Å². The zero-order chi connectivity index (χ0) is 23.8. The van der Waals surface area contributed by atoms with Crippen LogP contribution < -0.4 is 15.4 Å². The summed E-state index contributed by atoms with van der Waals surface area (Å²) < 4.78 is 28.6. The zero-order valence-corrected chi connectivity index (χ0v) is 19.2. The molecule has 0 unspecified atom stereocenters. The lowest BCUT2D eigenvalue weighted by molar-refractivity contribution is -0.112. The van der Waals surface area contributed by atoms with E-state index in [1.807, 2.05) is 0 Å². The van der Waals surface area contributed by atoms with Crippen LogP contribution in [0, 0.1) is 0 Å². The van der Waals surface area contributed by atoms with Gasteiger partial charge in [0.25, 0.3) is 21.8 Å². The van der Waals surface area contributed by atoms with Crippen molar-refractivity contribution in [3.05, 3.63) is 99.4 Å². The quantitative estimate of drug-likeness (QED) is 0.573. The van der Waals surface area contributed by atoms with Gasteiger partial charge in [0, 0.05) is 22.7 Å². The van der Waals surface area contributed by atoms with Crippen LogP contribution in [-0.4, -0.2) is 26.8 Å². The van der Waals surface area contributed by atoms with Gasteiger partial charge in [-0.05, 0) is 42.8 Å². The number of rotatable bonds is 5. The molecule has 3 aromatic rings. The molecule has 0 aliphatic carbocycles. The Bertz CT molecular complexity index is 1400. The number of halogens is 1. The van der Waals surface area contributed by atoms with Gasteiger partial charge in [-0.3, -0.25) is 13.9 Å². The van der Waals surface area contributed by atoms with E-state index in [2.05, 4.69) is 5.32 Å². The van der Waals surface area contributed by atoms with Crippen molar-refractivity contribution in [3.63, 3.8) is 0 Å². The lowest BCUT2D eigenvalue weighted by Crippen LogP contribution is -2.39. The molecule has 0 atom stereocenters. The van der Waals surface area contributed by atoms with Gasteiger partial charge >= 0.3 is 0 Å². The van der Waals surface area contributed by atoms with Gasteiger partial charge in [-0.25, -0.2) is 8.42 Å². The van der Waals surface area contributed by atoms with Gasteiger partial charge in [0.1, 0.15) is 0 Å². The third kappa shape index (κ3) is 3.99. The van der Waals surface area contributed by atoms with Crippen molar-refractivity contribution in [2.75, 3.05) is 16.2 Å². The Morgan fingerprint density at radius 2 is 1.67 bits per heavy atom. The molecule has 0 saturated heterocycles. The van der Waals surface area contributed by atoms with Crippen molar-refractivity contribution in [1.82, 2.24) is 0 Å². The second kappa shape index (κ2) is 8.73. The molecule has 1 aliphatic heterocycles. The summed E-state index contributed by atoms with van der Waals surface area (Å²) in [6.45, 7) is 1.79. The summed E-state index contributed by atoms with van der Waals surface area (Å²) in [6.07, 6.45) is 0. The number of fused-ring (bicyclic) bond motifs is 1. The highest BCUT2D eigenvalue weighted by atomic mass is 35.5. The first kappa shape index (κ1) is 22.6. The highest BCUT2D eigenvalue weighted by Crippen LogP contribution is 2.44. The molecule has 3 N–H and O–H groups in total. The second-order valence-electron chi connectivity index (χ2n) is 7.27. The molecular formula is C24H20ClN3O4S. The van der Waals surface area contributed by atoms with E-state index < -0.39 is 26.7 Å². The maximum absolute atomic E-state index is 13.7. The largest absolute Gasteiger partial charge is 0.366 e. The first-order valence-electron chi connectivity index (χ1n) is 10.1. The van der Waals surface area contributed by atoms with Crippen molar-refractivity contribution < 1.29 is 18.0 Å². The van der Waals surface area contributed by atoms with Crippen LogP contribution in [0.3, 0.4) is 0 Å². The third-order valence-electron chi connectivity index (χ3n) is 5.27. The predicted octanol–water partition coefficient (Wildman–Crippen LogP) is 4.01. The Hall–Kier alpha value is -3.62. The van der Waals surface area contributed by atoms with Crippen molar-refractivity contribution in [1.29, 1.82) is 0 Å². The molecule has 4 rings (SSSR count). The number of benzene rings is 3. The van der Waals surface area contributed by atoms with Crippen LogP contribution in [0.25, 0.3) is 5.57 Å². The number of hydrogen-bond acceptors (Lipinski definition) is 4. The first-order chi connectivity index (χ1) is 15.8. The van der Waals surface area contributed by atoms with Gasteiger partial charge < -0.3 is 11.1 Å². The highest BCUT2D eigenvalue weighted by molar-refractivity contribution is 7.97. The molecule has 0 aromatic heterocycles. The molecule has 2 amide bonds. The molecule has 9 heteroatoms. The Kier molecular flexibility index (Phi) is 5.97. The summed E-state index contributed by atoms with van der Waals surface area (Å²) >= 11 is 6.26. The molecule has 0 fully saturated rings. The number of nitrogens with two attached hydrogens (primary N) is 1. The van der Waals surface area contributed by atoms with Gasteiger partial charge in [-0.1, -0.05) is 54.1 Å². The van der Waals surface area contributed by atoms with Crippen LogP contribution in [-0.2, 0) is 14.8 Å². The molecule has 33 heavy (non-hydrogen) atoms. The molecule has 0 saturated carbocycles. The minimum atomic E-state index is -4.25. The summed E-state index contributed by atoms with van der Waals surface area (Å²) in [5, 5.41) is 2.97. The molecule has 0 bridgehead atoms. The predicted molar refractivity (Wildman–Crippen MR) is 129 cm³/mol. The van der Waals surface area contributed by atoms with E-state index in [0.29, 0.717) is 21.8 Å². The molecule has 0 spiro atoms. The summed E-state index contributed by atoms with van der Waals surface area (Å²) in [6, 6.07) is 19.8. The average molecular weight is 482 g/mol. The Morgan fingerprint density at radius 3 is 2.33 bits per heavy atom. The van der Waals surface area contributed by atoms with E-state index in [9.17, 15) is 18.0 Å². The molecule has 0 radical (unpaired) electrons. The van der Waals surface area contributed by atoms with E-state index in [4.69, 9.17) is 17.3 Å². The monoisotopic (exact) mass is 481 g/mol. The maximum Gasteiger partial charge on any atom is 0.270 e. The topological polar surface area (TPSA) is 110 Å². The smallest absolute Gasteiger partial charge is 0.270 e. The summed E-state index contributed by atoms with van der Waals surface area (Å²) in [5.41, 5.74) is 7.31. The van der Waals surface area contributed by atoms with Crippen LogP contribution in [0.1, 0.15) is 28.4 Å². The first-order valence-corrected chi connectivity index (χ1v) is 11.9. The molecule has 168 valence electrons. The van der Waals surface area contributed by atoms with Crippen LogP contribution in [0.5, 0.6) is 0 Å². The van der Waals surface area contributed by atoms with E-state index >= 15 is 0 Å². The lowest BCUT2D eigenvalue weighted by atomic mass is 9.95. The fraction of sp³-hybridized carbons (Fsp3) is 0.0833. The minimum Gasteiger partial charge on any atom is -0.366 e. The molecule has 1 heterocycles. The fourth-order valence-corrected chi connectivity index (χ4v) is 5.79. The van der Waals surface area contributed by atoms with Crippen molar-refractivity contribution in [2.45, 2.75) is 6.92 Å². The summed E-state index contributed by atoms with van der Waals surface area (Å²) in [4.78, 5) is 24.9. The summed E-state index contributed by atoms with van der Waals surface area (Å²) in [5.74, 6) is -1.63. The van der Waals surface area contributed by atoms with Crippen molar-refractivity contribution in [2.24, 2.45) is 5.73 Å². The molecule has 7 nitrogen and oxygen atoms in total. The molecule has 1 aliphatic rings. The number of carbonyl (C=O) groups is 2. The third-order valence-corrected chi connectivity index (χ3v) is 7.44. The minimum absolute atomic E-state index is 0.0664. The van der Waals surface area contributed by atoms with Crippen molar-refractivity contribution >= 4 is 50.4 Å². The standard InChI is InChI=1S/C24H20ClN3O4S/c1-2-28-20-13-12-16(25)14-18(20)21(15-8-4-3-5-9-15)22(33(28,31)32)24(30)27-19-11-7-6-10-17(19)23(26)29/h3-14H,2H2,1H3,(H2,26,29)(H,27,30). The number of hydrogen-bond donors (Lipinski definition) is 2. The number of carbonyl (C=O) groups excluding carboxylic acids is 2. The zero-order valence-electron chi connectivity index (χ0n) is 17.6. The van der Waals surface area contributed by atoms with Gasteiger partial charge in [0.15, 0.2) is 4.91 Å². The molecular weight excluding hydrogens is 462 g/mol. The number of sulfonamides is 1. The number of para-hydroxylation sites is 1. The Balaban J connectivity index is 2.01.